The van der Waals surface area contributed by atoms with Crippen molar-refractivity contribution < 1.29 is 4.79 Å². The van der Waals surface area contributed by atoms with E-state index in [1.54, 1.807) is 12.1 Å². The average molecular weight is 305 g/mol. The quantitative estimate of drug-likeness (QED) is 0.863. The maximum atomic E-state index is 12.2. The van der Waals surface area contributed by atoms with Gasteiger partial charge in [-0.1, -0.05) is 12.1 Å². The van der Waals surface area contributed by atoms with Crippen molar-refractivity contribution in [3.8, 4) is 6.07 Å². The zero-order valence-corrected chi connectivity index (χ0v) is 12.7. The van der Waals surface area contributed by atoms with Gasteiger partial charge in [0.05, 0.1) is 5.56 Å². The molecule has 0 aliphatic rings. The van der Waals surface area contributed by atoms with Gasteiger partial charge in [-0.3, -0.25) is 4.79 Å². The molecule has 1 amide bonds. The fraction of sp³-hybridized carbons (Fsp3) is 0.200. The highest BCUT2D eigenvalue weighted by Crippen LogP contribution is 2.31. The summed E-state index contributed by atoms with van der Waals surface area (Å²) in [5.41, 5.74) is 2.97. The molecular weight excluding hydrogens is 292 g/mol. The Kier molecular flexibility index (Phi) is 4.43. The van der Waals surface area contributed by atoms with Crippen LogP contribution in [0.2, 0.25) is 0 Å². The lowest BCUT2D eigenvalue weighted by Gasteiger charge is -2.04. The molecule has 0 atom stereocenters. The molecule has 1 aromatic heterocycles. The number of amides is 1. The zero-order chi connectivity index (χ0) is 14.7. The summed E-state index contributed by atoms with van der Waals surface area (Å²) in [7, 11) is 0. The number of nitrogens with one attached hydrogen (secondary N) is 1. The molecule has 1 N–H and O–H groups in total. The summed E-state index contributed by atoms with van der Waals surface area (Å²) in [6.07, 6.45) is 0. The van der Waals surface area contributed by atoms with Crippen LogP contribution < -0.4 is 5.32 Å². The van der Waals surface area contributed by atoms with Gasteiger partial charge in [0.2, 0.25) is 0 Å². The number of carbonyl (C=O) groups excluding carboxylic acids is 1. The molecule has 0 aliphatic carbocycles. The second-order valence-electron chi connectivity index (χ2n) is 4.38. The van der Waals surface area contributed by atoms with Crippen LogP contribution in [0.5, 0.6) is 0 Å². The van der Waals surface area contributed by atoms with Gasteiger partial charge in [0.25, 0.3) is 5.91 Å². The molecule has 0 bridgehead atoms. The van der Waals surface area contributed by atoms with Gasteiger partial charge >= 0.3 is 0 Å². The van der Waals surface area contributed by atoms with Crippen LogP contribution in [0.1, 0.15) is 31.9 Å². The van der Waals surface area contributed by atoms with Crippen molar-refractivity contribution in [1.29, 1.82) is 5.26 Å². The summed E-state index contributed by atoms with van der Waals surface area (Å²) < 4.78 is 0. The summed E-state index contributed by atoms with van der Waals surface area (Å²) in [5.74, 6) is 0.202. The Morgan fingerprint density at radius 3 is 2.55 bits per heavy atom. The zero-order valence-electron chi connectivity index (χ0n) is 11.2. The number of hydrogen-bond acceptors (Lipinski definition) is 3. The van der Waals surface area contributed by atoms with Crippen molar-refractivity contribution in [3.05, 3.63) is 51.4 Å². The normalized spacial score (nSPS) is 10.1. The molecule has 0 fully saturated rings. The number of nitrogens with zero attached hydrogens (tertiary/aromatic N) is 1. The highest BCUT2D eigenvalue weighted by molar-refractivity contribution is 7.16. The summed E-state index contributed by atoms with van der Waals surface area (Å²) in [6, 6.07) is 9.23. The van der Waals surface area contributed by atoms with Crippen LogP contribution in [0.3, 0.4) is 0 Å². The van der Waals surface area contributed by atoms with Crippen molar-refractivity contribution in [1.82, 2.24) is 0 Å². The smallest absolute Gasteiger partial charge is 0.256 e. The second-order valence-corrected chi connectivity index (χ2v) is 5.88. The molecule has 0 saturated carbocycles. The van der Waals surface area contributed by atoms with Crippen LogP contribution in [0, 0.1) is 25.2 Å². The second kappa shape index (κ2) is 6.08. The minimum absolute atomic E-state index is 0.219. The number of anilines is 1. The Balaban J connectivity index is 2.23. The first-order chi connectivity index (χ1) is 9.56. The van der Waals surface area contributed by atoms with E-state index in [4.69, 9.17) is 16.9 Å². The standard InChI is InChI=1S/C15H13ClN2OS/c1-9-10(2)20-15(13(9)8-17)18-14(19)12-5-3-11(7-16)4-6-12/h3-6H,7H2,1-2H3,(H,18,19). The van der Waals surface area contributed by atoms with E-state index in [2.05, 4.69) is 11.4 Å². The molecule has 0 aliphatic heterocycles. The van der Waals surface area contributed by atoms with Crippen molar-refractivity contribution in [2.75, 3.05) is 5.32 Å². The van der Waals surface area contributed by atoms with Crippen LogP contribution in [0.15, 0.2) is 24.3 Å². The van der Waals surface area contributed by atoms with Crippen LogP contribution >= 0.6 is 22.9 Å². The lowest BCUT2D eigenvalue weighted by molar-refractivity contribution is 0.102. The van der Waals surface area contributed by atoms with Crippen LogP contribution in [0.4, 0.5) is 5.00 Å². The first kappa shape index (κ1) is 14.6. The van der Waals surface area contributed by atoms with Gasteiger partial charge in [-0.25, -0.2) is 0 Å². The molecular formula is C15H13ClN2OS. The predicted molar refractivity (Wildman–Crippen MR) is 82.5 cm³/mol. The molecule has 5 heteroatoms. The fourth-order valence-corrected chi connectivity index (χ4v) is 2.95. The first-order valence-electron chi connectivity index (χ1n) is 6.03. The molecule has 2 rings (SSSR count). The number of aryl methyl sites for hydroxylation is 1. The Morgan fingerprint density at radius 2 is 2.00 bits per heavy atom. The van der Waals surface area contributed by atoms with Crippen molar-refractivity contribution >= 4 is 33.8 Å². The van der Waals surface area contributed by atoms with E-state index < -0.39 is 0 Å². The van der Waals surface area contributed by atoms with Crippen molar-refractivity contribution in [2.45, 2.75) is 19.7 Å². The van der Waals surface area contributed by atoms with Crippen LogP contribution in [0.25, 0.3) is 0 Å². The third-order valence-corrected chi connectivity index (χ3v) is 4.53. The molecule has 1 heterocycles. The maximum Gasteiger partial charge on any atom is 0.256 e. The Bertz CT molecular complexity index is 683. The van der Waals surface area contributed by atoms with E-state index in [1.165, 1.54) is 11.3 Å². The monoisotopic (exact) mass is 304 g/mol. The SMILES string of the molecule is Cc1sc(NC(=O)c2ccc(CCl)cc2)c(C#N)c1C. The maximum absolute atomic E-state index is 12.2. The molecule has 102 valence electrons. The molecule has 1 aromatic carbocycles. The van der Waals surface area contributed by atoms with E-state index in [-0.39, 0.29) is 5.91 Å². The molecule has 2 aromatic rings. The number of halogens is 1. The van der Waals surface area contributed by atoms with Crippen molar-refractivity contribution in [2.24, 2.45) is 0 Å². The number of hydrogen-bond donors (Lipinski definition) is 1. The van der Waals surface area contributed by atoms with E-state index in [9.17, 15) is 4.79 Å². The summed E-state index contributed by atoms with van der Waals surface area (Å²) >= 11 is 7.13. The molecule has 0 spiro atoms. The Hall–Kier alpha value is -1.83. The topological polar surface area (TPSA) is 52.9 Å². The lowest BCUT2D eigenvalue weighted by atomic mass is 10.1. The molecule has 0 radical (unpaired) electrons. The summed E-state index contributed by atoms with van der Waals surface area (Å²) in [5, 5.41) is 12.6. The number of nitriles is 1. The Labute approximate surface area is 126 Å². The Morgan fingerprint density at radius 1 is 1.35 bits per heavy atom. The van der Waals surface area contributed by atoms with E-state index >= 15 is 0 Å². The number of thiophene rings is 1. The largest absolute Gasteiger partial charge is 0.312 e. The number of alkyl halides is 1. The first-order valence-corrected chi connectivity index (χ1v) is 7.38. The van der Waals surface area contributed by atoms with Gasteiger partial charge in [-0.15, -0.1) is 22.9 Å². The molecule has 0 saturated heterocycles. The third-order valence-electron chi connectivity index (χ3n) is 3.09. The summed E-state index contributed by atoms with van der Waals surface area (Å²) in [6.45, 7) is 3.82. The van der Waals surface area contributed by atoms with Gasteiger partial charge in [-0.2, -0.15) is 5.26 Å². The van der Waals surface area contributed by atoms with Crippen LogP contribution in [-0.4, -0.2) is 5.91 Å². The van der Waals surface area contributed by atoms with Gasteiger partial charge < -0.3 is 5.32 Å². The van der Waals surface area contributed by atoms with Crippen LogP contribution in [-0.2, 0) is 5.88 Å². The van der Waals surface area contributed by atoms with Gasteiger partial charge in [0, 0.05) is 16.3 Å². The van der Waals surface area contributed by atoms with Crippen molar-refractivity contribution in [3.63, 3.8) is 0 Å². The summed E-state index contributed by atoms with van der Waals surface area (Å²) in [4.78, 5) is 13.2. The average Bonchev–Trinajstić information content (AvgIpc) is 2.73. The molecule has 3 nitrogen and oxygen atoms in total. The molecule has 20 heavy (non-hydrogen) atoms. The predicted octanol–water partition coefficient (Wildman–Crippen LogP) is 4.23. The highest BCUT2D eigenvalue weighted by atomic mass is 35.5. The highest BCUT2D eigenvalue weighted by Gasteiger charge is 2.15. The fourth-order valence-electron chi connectivity index (χ4n) is 1.77. The number of rotatable bonds is 3. The minimum atomic E-state index is -0.219. The van der Waals surface area contributed by atoms with E-state index in [1.807, 2.05) is 26.0 Å². The van der Waals surface area contributed by atoms with E-state index in [0.717, 1.165) is 16.0 Å². The van der Waals surface area contributed by atoms with Gasteiger partial charge in [0.15, 0.2) is 0 Å². The number of carbonyl (C=O) groups is 1. The van der Waals surface area contributed by atoms with Gasteiger partial charge in [-0.05, 0) is 37.1 Å². The lowest BCUT2D eigenvalue weighted by Crippen LogP contribution is -2.11. The van der Waals surface area contributed by atoms with Gasteiger partial charge in [0.1, 0.15) is 11.1 Å². The number of benzene rings is 1. The molecule has 0 unspecified atom stereocenters. The minimum Gasteiger partial charge on any atom is -0.312 e. The van der Waals surface area contributed by atoms with E-state index in [0.29, 0.717) is 22.0 Å². The third kappa shape index (κ3) is 2.84.